The van der Waals surface area contributed by atoms with Crippen LogP contribution in [0.1, 0.15) is 6.92 Å². The second kappa shape index (κ2) is 6.69. The number of nitrogens with zero attached hydrogens (tertiary/aromatic N) is 2. The smallest absolute Gasteiger partial charge is 0.375 e. The van der Waals surface area contributed by atoms with E-state index in [0.29, 0.717) is 4.47 Å². The minimum Gasteiger partial charge on any atom is -0.460 e. The number of carbonyl (C=O) groups excluding carboxylic acids is 1. The van der Waals surface area contributed by atoms with Crippen LogP contribution in [0, 0.1) is 10.1 Å². The normalized spacial score (nSPS) is 10.9. The van der Waals surface area contributed by atoms with Crippen LogP contribution in [0.2, 0.25) is 0 Å². The molecule has 0 aromatic heterocycles. The van der Waals surface area contributed by atoms with Crippen molar-refractivity contribution in [3.05, 3.63) is 32.8 Å². The molecule has 102 valence electrons. The Balaban J connectivity index is 2.93. The van der Waals surface area contributed by atoms with Gasteiger partial charge in [-0.05, 0) is 19.1 Å². The third-order valence-electron chi connectivity index (χ3n) is 1.94. The molecule has 3 N–H and O–H groups in total. The molecular formula is C10H11BrN4O4. The second-order valence-corrected chi connectivity index (χ2v) is 4.16. The predicted molar refractivity (Wildman–Crippen MR) is 72.7 cm³/mol. The molecule has 0 radical (unpaired) electrons. The molecule has 1 aromatic carbocycles. The van der Waals surface area contributed by atoms with Crippen LogP contribution in [0.5, 0.6) is 0 Å². The number of hydrazone groups is 1. The number of hydrogen-bond acceptors (Lipinski definition) is 6. The molecule has 9 heteroatoms. The minimum absolute atomic E-state index is 0.103. The first-order chi connectivity index (χ1) is 8.95. The van der Waals surface area contributed by atoms with Crippen LogP contribution in [0.3, 0.4) is 0 Å². The Bertz CT molecular complexity index is 532. The van der Waals surface area contributed by atoms with E-state index in [-0.39, 0.29) is 18.0 Å². The number of carbonyl (C=O) groups is 1. The van der Waals surface area contributed by atoms with Crippen LogP contribution in [0.4, 0.5) is 11.4 Å². The zero-order chi connectivity index (χ0) is 14.4. The highest BCUT2D eigenvalue weighted by Gasteiger charge is 2.14. The van der Waals surface area contributed by atoms with Crippen LogP contribution in [0.25, 0.3) is 0 Å². The standard InChI is InChI=1S/C10H11BrN4O4/c1-2-19-10(16)9(12)14-13-7-5-6(11)3-4-8(7)15(17)18/h3-5,13H,2H2,1H3,(H2,12,14). The Morgan fingerprint density at radius 1 is 1.63 bits per heavy atom. The number of hydrogen-bond donors (Lipinski definition) is 2. The molecule has 0 aliphatic rings. The third-order valence-corrected chi connectivity index (χ3v) is 2.43. The largest absolute Gasteiger partial charge is 0.460 e. The van der Waals surface area contributed by atoms with Gasteiger partial charge < -0.3 is 10.5 Å². The molecule has 0 amide bonds. The summed E-state index contributed by atoms with van der Waals surface area (Å²) in [7, 11) is 0. The second-order valence-electron chi connectivity index (χ2n) is 3.25. The number of nitro benzene ring substituents is 1. The maximum Gasteiger partial charge on any atom is 0.375 e. The maximum absolute atomic E-state index is 11.2. The number of esters is 1. The third kappa shape index (κ3) is 4.21. The molecule has 1 aromatic rings. The van der Waals surface area contributed by atoms with Crippen LogP contribution in [0.15, 0.2) is 27.8 Å². The maximum atomic E-state index is 11.2. The van der Waals surface area contributed by atoms with Crippen molar-refractivity contribution in [3.63, 3.8) is 0 Å². The number of nitrogens with one attached hydrogen (secondary N) is 1. The summed E-state index contributed by atoms with van der Waals surface area (Å²) in [4.78, 5) is 21.4. The molecule has 0 heterocycles. The fourth-order valence-electron chi connectivity index (χ4n) is 1.13. The number of benzene rings is 1. The van der Waals surface area contributed by atoms with E-state index in [4.69, 9.17) is 5.73 Å². The van der Waals surface area contributed by atoms with Crippen molar-refractivity contribution >= 4 is 39.1 Å². The molecule has 0 fully saturated rings. The number of halogens is 1. The molecule has 19 heavy (non-hydrogen) atoms. The van der Waals surface area contributed by atoms with Crippen molar-refractivity contribution in [3.8, 4) is 0 Å². The highest BCUT2D eigenvalue weighted by molar-refractivity contribution is 9.10. The van der Waals surface area contributed by atoms with Gasteiger partial charge in [-0.15, -0.1) is 5.10 Å². The number of amidine groups is 1. The van der Waals surface area contributed by atoms with E-state index in [2.05, 4.69) is 31.2 Å². The lowest BCUT2D eigenvalue weighted by atomic mass is 10.3. The van der Waals surface area contributed by atoms with Crippen LogP contribution >= 0.6 is 15.9 Å². The Morgan fingerprint density at radius 2 is 2.32 bits per heavy atom. The molecule has 0 aliphatic heterocycles. The fraction of sp³-hybridized carbons (Fsp3) is 0.200. The predicted octanol–water partition coefficient (Wildman–Crippen LogP) is 1.60. The van der Waals surface area contributed by atoms with Crippen molar-refractivity contribution in [1.82, 2.24) is 0 Å². The fourth-order valence-corrected chi connectivity index (χ4v) is 1.49. The van der Waals surface area contributed by atoms with Gasteiger partial charge in [0, 0.05) is 10.5 Å². The summed E-state index contributed by atoms with van der Waals surface area (Å²) in [5, 5.41) is 14.3. The zero-order valence-electron chi connectivity index (χ0n) is 9.92. The summed E-state index contributed by atoms with van der Waals surface area (Å²) in [5.74, 6) is -1.22. The summed E-state index contributed by atoms with van der Waals surface area (Å²) in [5.41, 5.74) is 7.62. The molecule has 0 spiro atoms. The van der Waals surface area contributed by atoms with Gasteiger partial charge in [0.2, 0.25) is 5.84 Å². The van der Waals surface area contributed by atoms with Gasteiger partial charge in [-0.3, -0.25) is 15.5 Å². The molecule has 0 saturated heterocycles. The lowest BCUT2D eigenvalue weighted by molar-refractivity contribution is -0.384. The Morgan fingerprint density at radius 3 is 2.89 bits per heavy atom. The average molecular weight is 331 g/mol. The van der Waals surface area contributed by atoms with Crippen molar-refractivity contribution in [2.45, 2.75) is 6.92 Å². The molecule has 0 aliphatic carbocycles. The van der Waals surface area contributed by atoms with Gasteiger partial charge in [-0.25, -0.2) is 4.79 Å². The highest BCUT2D eigenvalue weighted by atomic mass is 79.9. The Hall–Kier alpha value is -2.16. The molecule has 0 atom stereocenters. The van der Waals surface area contributed by atoms with Crippen molar-refractivity contribution in [1.29, 1.82) is 0 Å². The lowest BCUT2D eigenvalue weighted by Gasteiger charge is -2.04. The summed E-state index contributed by atoms with van der Waals surface area (Å²) in [6.07, 6.45) is 0. The van der Waals surface area contributed by atoms with E-state index in [1.54, 1.807) is 6.92 Å². The summed E-state index contributed by atoms with van der Waals surface area (Å²) in [6.45, 7) is 1.78. The molecule has 0 saturated carbocycles. The van der Waals surface area contributed by atoms with E-state index in [1.807, 2.05) is 0 Å². The first-order valence-corrected chi connectivity index (χ1v) is 5.95. The zero-order valence-corrected chi connectivity index (χ0v) is 11.5. The monoisotopic (exact) mass is 330 g/mol. The van der Waals surface area contributed by atoms with Crippen LogP contribution < -0.4 is 11.2 Å². The van der Waals surface area contributed by atoms with E-state index < -0.39 is 16.7 Å². The van der Waals surface area contributed by atoms with Gasteiger partial charge in [0.25, 0.3) is 5.69 Å². The van der Waals surface area contributed by atoms with Gasteiger partial charge in [0.1, 0.15) is 5.69 Å². The van der Waals surface area contributed by atoms with Crippen molar-refractivity contribution < 1.29 is 14.5 Å². The van der Waals surface area contributed by atoms with E-state index in [0.717, 1.165) is 0 Å². The Kier molecular flexibility index (Phi) is 5.24. The SMILES string of the molecule is CCOC(=O)/C(N)=N/Nc1cc(Br)ccc1[N+](=O)[O-]. The number of rotatable bonds is 4. The molecular weight excluding hydrogens is 320 g/mol. The topological polar surface area (TPSA) is 120 Å². The number of ether oxygens (including phenoxy) is 1. The van der Waals surface area contributed by atoms with Gasteiger partial charge in [0.15, 0.2) is 0 Å². The van der Waals surface area contributed by atoms with E-state index in [9.17, 15) is 14.9 Å². The quantitative estimate of drug-likeness (QED) is 0.284. The molecule has 1 rings (SSSR count). The average Bonchev–Trinajstić information content (AvgIpc) is 2.35. The Labute approximate surface area is 116 Å². The lowest BCUT2D eigenvalue weighted by Crippen LogP contribution is -2.27. The first-order valence-electron chi connectivity index (χ1n) is 5.16. The van der Waals surface area contributed by atoms with Crippen molar-refractivity contribution in [2.24, 2.45) is 10.8 Å². The molecule has 8 nitrogen and oxygen atoms in total. The minimum atomic E-state index is -0.798. The highest BCUT2D eigenvalue weighted by Crippen LogP contribution is 2.27. The summed E-state index contributed by atoms with van der Waals surface area (Å²) < 4.78 is 5.23. The van der Waals surface area contributed by atoms with Gasteiger partial charge in [0.05, 0.1) is 11.5 Å². The number of anilines is 1. The first kappa shape index (κ1) is 14.9. The molecule has 0 unspecified atom stereocenters. The van der Waals surface area contributed by atoms with E-state index >= 15 is 0 Å². The van der Waals surface area contributed by atoms with Crippen LogP contribution in [-0.4, -0.2) is 23.3 Å². The van der Waals surface area contributed by atoms with Crippen LogP contribution in [-0.2, 0) is 9.53 Å². The summed E-state index contributed by atoms with van der Waals surface area (Å²) in [6, 6.07) is 4.25. The van der Waals surface area contributed by atoms with Gasteiger partial charge in [-0.2, -0.15) is 0 Å². The number of nitrogens with two attached hydrogens (primary N) is 1. The van der Waals surface area contributed by atoms with Gasteiger partial charge >= 0.3 is 5.97 Å². The number of nitro groups is 1. The van der Waals surface area contributed by atoms with E-state index in [1.165, 1.54) is 18.2 Å². The van der Waals surface area contributed by atoms with Crippen molar-refractivity contribution in [2.75, 3.05) is 12.0 Å². The molecule has 0 bridgehead atoms. The summed E-state index contributed by atoms with van der Waals surface area (Å²) >= 11 is 3.17. The van der Waals surface area contributed by atoms with Gasteiger partial charge in [-0.1, -0.05) is 15.9 Å².